The summed E-state index contributed by atoms with van der Waals surface area (Å²) in [7, 11) is 0. The molecule has 2 rings (SSSR count). The molecule has 2 unspecified atom stereocenters. The fourth-order valence-electron chi connectivity index (χ4n) is 2.11. The molecule has 21 heavy (non-hydrogen) atoms. The van der Waals surface area contributed by atoms with Gasteiger partial charge in [-0.15, -0.1) is 0 Å². The van der Waals surface area contributed by atoms with Crippen LogP contribution in [-0.4, -0.2) is 55.5 Å². The summed E-state index contributed by atoms with van der Waals surface area (Å²) < 4.78 is 44.6. The van der Waals surface area contributed by atoms with Gasteiger partial charge in [0.05, 0.1) is 6.61 Å². The van der Waals surface area contributed by atoms with Gasteiger partial charge in [-0.05, 0) is 6.07 Å². The Bertz CT molecular complexity index is 645. The topological polar surface area (TPSA) is 108 Å². The fraction of sp³-hybridized carbons (Fsp3) is 0.600. The molecule has 1 saturated heterocycles. The minimum absolute atomic E-state index is 0.0240. The van der Waals surface area contributed by atoms with Gasteiger partial charge in [0.15, 0.2) is 6.23 Å². The van der Waals surface area contributed by atoms with Gasteiger partial charge in [0.25, 0.3) is 0 Å². The number of rotatable bonds is 2. The van der Waals surface area contributed by atoms with Crippen molar-refractivity contribution in [2.24, 2.45) is 0 Å². The van der Waals surface area contributed by atoms with Gasteiger partial charge in [-0.1, -0.05) is 12.2 Å². The number of aromatic nitrogens is 2. The maximum Gasteiger partial charge on any atom is 0.424 e. The number of H-pyrrole nitrogens is 1. The standard InChI is InChI=1S/C10H11F3N2O5S/c11-10(12,13)9(19)6(17)4(3-16)20-7(9)15-2-1-5(21)14-8(15)18/h1-2,4,6-7,16-17,19H,3H2,(H,14,18,21)/t4?,6-,7+,9?/m0/s1. The highest BCUT2D eigenvalue weighted by molar-refractivity contribution is 7.71. The van der Waals surface area contributed by atoms with Crippen LogP contribution in [0.2, 0.25) is 0 Å². The summed E-state index contributed by atoms with van der Waals surface area (Å²) in [6, 6.07) is 1.12. The van der Waals surface area contributed by atoms with Crippen molar-refractivity contribution >= 4 is 12.2 Å². The van der Waals surface area contributed by atoms with E-state index in [4.69, 9.17) is 9.84 Å². The molecular weight excluding hydrogens is 317 g/mol. The minimum atomic E-state index is -5.30. The smallest absolute Gasteiger partial charge is 0.394 e. The highest BCUT2D eigenvalue weighted by Gasteiger charge is 2.70. The van der Waals surface area contributed by atoms with E-state index in [1.807, 2.05) is 0 Å². The van der Waals surface area contributed by atoms with E-state index in [0.29, 0.717) is 4.57 Å². The van der Waals surface area contributed by atoms with Crippen LogP contribution in [0.25, 0.3) is 0 Å². The number of nitrogens with zero attached hydrogens (tertiary/aromatic N) is 1. The van der Waals surface area contributed by atoms with Crippen molar-refractivity contribution in [2.45, 2.75) is 30.2 Å². The van der Waals surface area contributed by atoms with Crippen LogP contribution in [0.4, 0.5) is 13.2 Å². The van der Waals surface area contributed by atoms with Crippen LogP contribution in [0.5, 0.6) is 0 Å². The molecule has 0 aromatic carbocycles. The van der Waals surface area contributed by atoms with Crippen LogP contribution in [-0.2, 0) is 4.74 Å². The number of hydrogen-bond acceptors (Lipinski definition) is 6. The predicted octanol–water partition coefficient (Wildman–Crippen LogP) is -0.550. The second-order valence-corrected chi connectivity index (χ2v) is 4.93. The number of aliphatic hydroxyl groups is 3. The van der Waals surface area contributed by atoms with Crippen LogP contribution in [0.15, 0.2) is 17.1 Å². The maximum absolute atomic E-state index is 13.1. The Morgan fingerprint density at radius 2 is 2.14 bits per heavy atom. The second-order valence-electron chi connectivity index (χ2n) is 4.49. The van der Waals surface area contributed by atoms with E-state index < -0.39 is 42.5 Å². The lowest BCUT2D eigenvalue weighted by Crippen LogP contribution is -2.58. The summed E-state index contributed by atoms with van der Waals surface area (Å²) in [6.45, 7) is -0.965. The monoisotopic (exact) mass is 328 g/mol. The number of halogens is 3. The lowest BCUT2D eigenvalue weighted by Gasteiger charge is -2.33. The maximum atomic E-state index is 13.1. The largest absolute Gasteiger partial charge is 0.424 e. The zero-order valence-corrected chi connectivity index (χ0v) is 11.1. The van der Waals surface area contributed by atoms with Gasteiger partial charge in [0.2, 0.25) is 5.60 Å². The molecule has 11 heteroatoms. The molecule has 1 aromatic rings. The van der Waals surface area contributed by atoms with Crippen molar-refractivity contribution in [2.75, 3.05) is 6.61 Å². The van der Waals surface area contributed by atoms with Crippen LogP contribution < -0.4 is 5.69 Å². The highest BCUT2D eigenvalue weighted by atomic mass is 32.1. The summed E-state index contributed by atoms with van der Waals surface area (Å²) in [5.74, 6) is 0. The van der Waals surface area contributed by atoms with Crippen LogP contribution in [0, 0.1) is 4.64 Å². The molecule has 0 saturated carbocycles. The van der Waals surface area contributed by atoms with Crippen molar-refractivity contribution < 1.29 is 33.2 Å². The normalized spacial score (nSPS) is 33.3. The molecule has 4 atom stereocenters. The molecule has 7 nitrogen and oxygen atoms in total. The molecule has 0 radical (unpaired) electrons. The first-order chi connectivity index (χ1) is 9.62. The van der Waals surface area contributed by atoms with Crippen molar-refractivity contribution in [3.63, 3.8) is 0 Å². The molecule has 1 aliphatic rings. The minimum Gasteiger partial charge on any atom is -0.394 e. The Kier molecular flexibility index (Phi) is 3.97. The van der Waals surface area contributed by atoms with E-state index >= 15 is 0 Å². The van der Waals surface area contributed by atoms with Gasteiger partial charge in [-0.25, -0.2) is 4.79 Å². The molecule has 0 bridgehead atoms. The number of nitrogens with one attached hydrogen (secondary N) is 1. The van der Waals surface area contributed by atoms with Gasteiger partial charge in [-0.3, -0.25) is 9.55 Å². The third-order valence-corrected chi connectivity index (χ3v) is 3.46. The first-order valence-corrected chi connectivity index (χ1v) is 6.08. The first-order valence-electron chi connectivity index (χ1n) is 5.68. The van der Waals surface area contributed by atoms with E-state index in [1.165, 1.54) is 0 Å². The molecule has 0 aliphatic carbocycles. The zero-order valence-electron chi connectivity index (χ0n) is 10.2. The van der Waals surface area contributed by atoms with E-state index in [9.17, 15) is 28.2 Å². The Morgan fingerprint density at radius 1 is 1.52 bits per heavy atom. The first kappa shape index (κ1) is 16.1. The molecule has 0 amide bonds. The predicted molar refractivity (Wildman–Crippen MR) is 63.9 cm³/mol. The molecule has 2 heterocycles. The summed E-state index contributed by atoms with van der Waals surface area (Å²) in [5, 5.41) is 28.5. The fourth-order valence-corrected chi connectivity index (χ4v) is 2.26. The Labute approximate surface area is 120 Å². The molecule has 0 spiro atoms. The number of alkyl halides is 3. The average molecular weight is 328 g/mol. The van der Waals surface area contributed by atoms with Crippen molar-refractivity contribution in [3.8, 4) is 0 Å². The lowest BCUT2D eigenvalue weighted by atomic mass is 9.93. The van der Waals surface area contributed by atoms with Crippen LogP contribution >= 0.6 is 12.2 Å². The number of aliphatic hydroxyl groups excluding tert-OH is 2. The number of ether oxygens (including phenoxy) is 1. The van der Waals surface area contributed by atoms with Crippen LogP contribution in [0.1, 0.15) is 6.23 Å². The number of hydrogen-bond donors (Lipinski definition) is 4. The molecule has 118 valence electrons. The van der Waals surface area contributed by atoms with Gasteiger partial charge in [-0.2, -0.15) is 13.2 Å². The third-order valence-electron chi connectivity index (χ3n) is 3.22. The van der Waals surface area contributed by atoms with Gasteiger partial charge >= 0.3 is 11.9 Å². The van der Waals surface area contributed by atoms with Crippen molar-refractivity contribution in [1.82, 2.24) is 9.55 Å². The molecule has 1 aliphatic heterocycles. The average Bonchev–Trinajstić information content (AvgIpc) is 2.63. The van der Waals surface area contributed by atoms with E-state index in [0.717, 1.165) is 12.3 Å². The molecular formula is C10H11F3N2O5S. The van der Waals surface area contributed by atoms with Gasteiger partial charge in [0.1, 0.15) is 16.8 Å². The van der Waals surface area contributed by atoms with Crippen molar-refractivity contribution in [3.05, 3.63) is 27.4 Å². The highest BCUT2D eigenvalue weighted by Crippen LogP contribution is 2.47. The lowest BCUT2D eigenvalue weighted by molar-refractivity contribution is -0.304. The Hall–Kier alpha value is -1.27. The summed E-state index contributed by atoms with van der Waals surface area (Å²) in [6.07, 6.45) is -10.8. The SMILES string of the molecule is O=c1[nH]c(=S)ccn1[C@@H]1OC(CO)[C@H](O)C1(O)C(F)(F)F. The quantitative estimate of drug-likeness (QED) is 0.543. The van der Waals surface area contributed by atoms with E-state index in [1.54, 1.807) is 0 Å². The van der Waals surface area contributed by atoms with Gasteiger partial charge < -0.3 is 20.1 Å². The summed E-state index contributed by atoms with van der Waals surface area (Å²) in [5.41, 5.74) is -4.80. The van der Waals surface area contributed by atoms with E-state index in [-0.39, 0.29) is 4.64 Å². The van der Waals surface area contributed by atoms with Gasteiger partial charge in [0, 0.05) is 6.20 Å². The summed E-state index contributed by atoms with van der Waals surface area (Å²) in [4.78, 5) is 13.8. The number of aromatic amines is 1. The molecule has 1 fully saturated rings. The zero-order chi connectivity index (χ0) is 16.0. The summed E-state index contributed by atoms with van der Waals surface area (Å²) >= 11 is 4.65. The molecule has 4 N–H and O–H groups in total. The van der Waals surface area contributed by atoms with Crippen LogP contribution in [0.3, 0.4) is 0 Å². The second kappa shape index (κ2) is 5.18. The Morgan fingerprint density at radius 3 is 2.62 bits per heavy atom. The third kappa shape index (κ3) is 2.40. The molecule has 1 aromatic heterocycles. The Balaban J connectivity index is 2.60. The van der Waals surface area contributed by atoms with E-state index in [2.05, 4.69) is 17.2 Å². The van der Waals surface area contributed by atoms with Crippen molar-refractivity contribution in [1.29, 1.82) is 0 Å².